The van der Waals surface area contributed by atoms with E-state index in [0.717, 1.165) is 17.8 Å². The van der Waals surface area contributed by atoms with E-state index in [-0.39, 0.29) is 6.61 Å². The average molecular weight is 279 g/mol. The van der Waals surface area contributed by atoms with Crippen LogP contribution in [0, 0.1) is 0 Å². The Balaban J connectivity index is 1.91. The van der Waals surface area contributed by atoms with Gasteiger partial charge in [0.25, 0.3) is 0 Å². The van der Waals surface area contributed by atoms with Crippen molar-refractivity contribution in [2.45, 2.75) is 12.8 Å². The zero-order valence-electron chi connectivity index (χ0n) is 11.7. The summed E-state index contributed by atoms with van der Waals surface area (Å²) in [5.74, 6) is 0. The Bertz CT molecular complexity index is 707. The van der Waals surface area contributed by atoms with Crippen LogP contribution in [0.25, 0.3) is 5.69 Å². The second-order valence-electron chi connectivity index (χ2n) is 4.92. The first-order chi connectivity index (χ1) is 10.4. The second kappa shape index (κ2) is 6.33. The Morgan fingerprint density at radius 1 is 0.952 bits per heavy atom. The minimum absolute atomic E-state index is 0.0877. The number of benzene rings is 2. The van der Waals surface area contributed by atoms with E-state index in [4.69, 9.17) is 5.11 Å². The van der Waals surface area contributed by atoms with E-state index in [0.29, 0.717) is 6.42 Å². The molecule has 106 valence electrons. The quantitative estimate of drug-likeness (QED) is 0.780. The Hall–Kier alpha value is -2.46. The highest BCUT2D eigenvalue weighted by Crippen LogP contribution is 2.17. The summed E-state index contributed by atoms with van der Waals surface area (Å²) in [7, 11) is 0. The molecule has 2 aromatic carbocycles. The number of rotatable bonds is 5. The third kappa shape index (κ3) is 3.17. The van der Waals surface area contributed by atoms with Gasteiger partial charge < -0.3 is 5.11 Å². The summed E-state index contributed by atoms with van der Waals surface area (Å²) >= 11 is 0. The molecule has 0 atom stereocenters. The van der Waals surface area contributed by atoms with E-state index in [2.05, 4.69) is 28.5 Å². The highest BCUT2D eigenvalue weighted by atomic mass is 16.3. The largest absolute Gasteiger partial charge is 0.396 e. The van der Waals surface area contributed by atoms with E-state index < -0.39 is 0 Å². The van der Waals surface area contributed by atoms with Crippen molar-refractivity contribution in [2.75, 3.05) is 6.61 Å². The molecule has 1 N–H and O–H groups in total. The molecule has 21 heavy (non-hydrogen) atoms. The van der Waals surface area contributed by atoms with Crippen LogP contribution >= 0.6 is 0 Å². The van der Waals surface area contributed by atoms with Crippen molar-refractivity contribution >= 4 is 0 Å². The maximum Gasteiger partial charge on any atom is 0.0854 e. The number of para-hydroxylation sites is 1. The van der Waals surface area contributed by atoms with Crippen molar-refractivity contribution in [3.8, 4) is 5.69 Å². The summed E-state index contributed by atoms with van der Waals surface area (Å²) < 4.78 is 1.78. The minimum Gasteiger partial charge on any atom is -0.396 e. The summed E-state index contributed by atoms with van der Waals surface area (Å²) in [4.78, 5) is 0. The van der Waals surface area contributed by atoms with Gasteiger partial charge in [-0.05, 0) is 23.6 Å². The zero-order valence-corrected chi connectivity index (χ0v) is 11.7. The molecule has 1 aromatic heterocycles. The molecule has 0 saturated carbocycles. The fourth-order valence-electron chi connectivity index (χ4n) is 2.34. The van der Waals surface area contributed by atoms with Gasteiger partial charge >= 0.3 is 0 Å². The van der Waals surface area contributed by atoms with Gasteiger partial charge in [0.1, 0.15) is 0 Å². The van der Waals surface area contributed by atoms with E-state index >= 15 is 0 Å². The Morgan fingerprint density at radius 3 is 2.52 bits per heavy atom. The molecule has 0 aliphatic heterocycles. The van der Waals surface area contributed by atoms with Crippen LogP contribution in [-0.4, -0.2) is 26.7 Å². The smallest absolute Gasteiger partial charge is 0.0854 e. The van der Waals surface area contributed by atoms with Gasteiger partial charge in [-0.15, -0.1) is 5.10 Å². The molecule has 0 aliphatic rings. The molecule has 0 radical (unpaired) electrons. The van der Waals surface area contributed by atoms with Crippen LogP contribution in [0.4, 0.5) is 0 Å². The van der Waals surface area contributed by atoms with Crippen molar-refractivity contribution in [2.24, 2.45) is 0 Å². The van der Waals surface area contributed by atoms with E-state index in [1.165, 1.54) is 11.1 Å². The second-order valence-corrected chi connectivity index (χ2v) is 4.92. The van der Waals surface area contributed by atoms with Crippen LogP contribution in [-0.2, 0) is 12.8 Å². The van der Waals surface area contributed by atoms with Crippen LogP contribution in [0.3, 0.4) is 0 Å². The number of nitrogens with zero attached hydrogens (tertiary/aromatic N) is 3. The van der Waals surface area contributed by atoms with E-state index in [1.54, 1.807) is 4.68 Å². The van der Waals surface area contributed by atoms with Gasteiger partial charge in [0.2, 0.25) is 0 Å². The monoisotopic (exact) mass is 279 g/mol. The summed E-state index contributed by atoms with van der Waals surface area (Å²) in [6.45, 7) is 0.0877. The van der Waals surface area contributed by atoms with Crippen molar-refractivity contribution < 1.29 is 5.11 Å². The number of aliphatic hydroxyl groups excluding tert-OH is 1. The molecule has 0 unspecified atom stereocenters. The van der Waals surface area contributed by atoms with Gasteiger partial charge in [-0.2, -0.15) is 0 Å². The van der Waals surface area contributed by atoms with Gasteiger partial charge in [0.15, 0.2) is 0 Å². The molecule has 0 aliphatic carbocycles. The summed E-state index contributed by atoms with van der Waals surface area (Å²) in [6, 6.07) is 18.5. The highest BCUT2D eigenvalue weighted by molar-refractivity contribution is 5.43. The normalized spacial score (nSPS) is 10.7. The SMILES string of the molecule is OCCc1cn(-c2ccccc2Cc2ccccc2)nn1. The lowest BCUT2D eigenvalue weighted by Crippen LogP contribution is -2.01. The number of hydrogen-bond acceptors (Lipinski definition) is 3. The van der Waals surface area contributed by atoms with Gasteiger partial charge in [-0.1, -0.05) is 53.7 Å². The molecule has 4 heteroatoms. The lowest BCUT2D eigenvalue weighted by Gasteiger charge is -2.08. The summed E-state index contributed by atoms with van der Waals surface area (Å²) in [5.41, 5.74) is 4.29. The molecular formula is C17H17N3O. The summed E-state index contributed by atoms with van der Waals surface area (Å²) in [6.07, 6.45) is 3.26. The van der Waals surface area contributed by atoms with Gasteiger partial charge in [-0.3, -0.25) is 0 Å². The van der Waals surface area contributed by atoms with Gasteiger partial charge in [-0.25, -0.2) is 4.68 Å². The Morgan fingerprint density at radius 2 is 1.71 bits per heavy atom. The molecule has 4 nitrogen and oxygen atoms in total. The van der Waals surface area contributed by atoms with Crippen LogP contribution in [0.2, 0.25) is 0 Å². The molecule has 0 amide bonds. The van der Waals surface area contributed by atoms with Crippen LogP contribution in [0.15, 0.2) is 60.8 Å². The number of aromatic nitrogens is 3. The Kier molecular flexibility index (Phi) is 4.07. The predicted molar refractivity (Wildman–Crippen MR) is 81.4 cm³/mol. The van der Waals surface area contributed by atoms with Crippen LogP contribution in [0.5, 0.6) is 0 Å². The molecule has 3 rings (SSSR count). The highest BCUT2D eigenvalue weighted by Gasteiger charge is 2.07. The van der Waals surface area contributed by atoms with Crippen molar-refractivity contribution in [1.29, 1.82) is 0 Å². The lowest BCUT2D eigenvalue weighted by atomic mass is 10.0. The fourth-order valence-corrected chi connectivity index (χ4v) is 2.34. The maximum atomic E-state index is 8.97. The minimum atomic E-state index is 0.0877. The molecule has 0 spiro atoms. The third-order valence-corrected chi connectivity index (χ3v) is 3.38. The molecule has 0 saturated heterocycles. The first-order valence-corrected chi connectivity index (χ1v) is 7.01. The zero-order chi connectivity index (χ0) is 14.5. The molecule has 1 heterocycles. The van der Waals surface area contributed by atoms with E-state index in [1.807, 2.05) is 42.6 Å². The fraction of sp³-hybridized carbons (Fsp3) is 0.176. The predicted octanol–water partition coefficient (Wildman–Crippen LogP) is 2.39. The molecular weight excluding hydrogens is 262 g/mol. The topological polar surface area (TPSA) is 50.9 Å². The van der Waals surface area contributed by atoms with Gasteiger partial charge in [0, 0.05) is 13.0 Å². The first kappa shape index (κ1) is 13.5. The van der Waals surface area contributed by atoms with Gasteiger partial charge in [0.05, 0.1) is 17.6 Å². The molecule has 0 fully saturated rings. The maximum absolute atomic E-state index is 8.97. The molecule has 0 bridgehead atoms. The number of hydrogen-bond donors (Lipinski definition) is 1. The average Bonchev–Trinajstić information content (AvgIpc) is 2.98. The van der Waals surface area contributed by atoms with Crippen LogP contribution < -0.4 is 0 Å². The molecule has 3 aromatic rings. The van der Waals surface area contributed by atoms with Crippen molar-refractivity contribution in [1.82, 2.24) is 15.0 Å². The standard InChI is InChI=1S/C17H17N3O/c21-11-10-16-13-20(19-18-16)17-9-5-4-8-15(17)12-14-6-2-1-3-7-14/h1-9,13,21H,10-12H2. The lowest BCUT2D eigenvalue weighted by molar-refractivity contribution is 0.298. The van der Waals surface area contributed by atoms with E-state index in [9.17, 15) is 0 Å². The first-order valence-electron chi connectivity index (χ1n) is 7.01. The summed E-state index contributed by atoms with van der Waals surface area (Å²) in [5, 5.41) is 17.2. The van der Waals surface area contributed by atoms with Crippen molar-refractivity contribution in [3.63, 3.8) is 0 Å². The van der Waals surface area contributed by atoms with Crippen LogP contribution in [0.1, 0.15) is 16.8 Å². The Labute approximate surface area is 123 Å². The van der Waals surface area contributed by atoms with Crippen molar-refractivity contribution in [3.05, 3.63) is 77.6 Å². The number of aliphatic hydroxyl groups is 1. The third-order valence-electron chi connectivity index (χ3n) is 3.38.